The van der Waals surface area contributed by atoms with Crippen molar-refractivity contribution in [1.29, 1.82) is 0 Å². The molecule has 0 atom stereocenters. The van der Waals surface area contributed by atoms with Crippen LogP contribution in [0.4, 0.5) is 0 Å². The zero-order chi connectivity index (χ0) is 19.3. The van der Waals surface area contributed by atoms with E-state index in [2.05, 4.69) is 68.1 Å². The molecule has 4 aromatic rings. The van der Waals surface area contributed by atoms with Gasteiger partial charge in [-0.05, 0) is 32.3 Å². The molecule has 0 saturated carbocycles. The summed E-state index contributed by atoms with van der Waals surface area (Å²) < 4.78 is 0. The molecule has 0 saturated heterocycles. The van der Waals surface area contributed by atoms with E-state index in [9.17, 15) is 0 Å². The maximum atomic E-state index is 2.53. The highest BCUT2D eigenvalue weighted by atomic mass is 28.3. The molecule has 0 nitrogen and oxygen atoms in total. The lowest BCUT2D eigenvalue weighted by molar-refractivity contribution is 0.584. The number of unbranched alkanes of at least 4 members (excludes halogenated alkanes) is 7. The zero-order valence-corrected chi connectivity index (χ0v) is 18.6. The Hall–Kier alpha value is -1.86. The molecule has 0 heterocycles. The van der Waals surface area contributed by atoms with Gasteiger partial charge in [0.1, 0.15) is 0 Å². The first-order chi connectivity index (χ1) is 13.8. The zero-order valence-electron chi connectivity index (χ0n) is 17.6. The monoisotopic (exact) mass is 385 g/mol. The lowest BCUT2D eigenvalue weighted by atomic mass is 9.94. The molecule has 0 unspecified atom stereocenters. The topological polar surface area (TPSA) is 0 Å². The third kappa shape index (κ3) is 3.96. The van der Waals surface area contributed by atoms with Crippen LogP contribution in [0, 0.1) is 0 Å². The van der Waals surface area contributed by atoms with Crippen LogP contribution in [0.3, 0.4) is 0 Å². The van der Waals surface area contributed by atoms with Crippen LogP contribution in [0.1, 0.15) is 58.3 Å². The normalized spacial score (nSPS) is 12.1. The van der Waals surface area contributed by atoms with E-state index in [0.717, 1.165) is 0 Å². The van der Waals surface area contributed by atoms with Crippen LogP contribution in [0.5, 0.6) is 0 Å². The lowest BCUT2D eigenvalue weighted by Gasteiger charge is -2.18. The first-order valence-corrected chi connectivity index (χ1v) is 13.5. The molecule has 0 aliphatic rings. The Labute approximate surface area is 171 Å². The molecule has 28 heavy (non-hydrogen) atoms. The molecular weight excluding hydrogens is 352 g/mol. The Kier molecular flexibility index (Phi) is 6.32. The number of hydrogen-bond donors (Lipinski definition) is 0. The van der Waals surface area contributed by atoms with Crippen LogP contribution in [0.15, 0.2) is 54.6 Å². The van der Waals surface area contributed by atoms with Crippen LogP contribution < -0.4 is 5.19 Å². The van der Waals surface area contributed by atoms with Crippen molar-refractivity contribution in [3.63, 3.8) is 0 Å². The van der Waals surface area contributed by atoms with E-state index in [1.165, 1.54) is 89.7 Å². The van der Waals surface area contributed by atoms with Crippen molar-refractivity contribution < 1.29 is 0 Å². The molecule has 0 fully saturated rings. The average Bonchev–Trinajstić information content (AvgIpc) is 2.73. The Bertz CT molecular complexity index is 1030. The quantitative estimate of drug-likeness (QED) is 0.147. The van der Waals surface area contributed by atoms with Crippen LogP contribution >= 0.6 is 0 Å². The van der Waals surface area contributed by atoms with Crippen LogP contribution in [-0.4, -0.2) is 8.80 Å². The molecule has 4 rings (SSSR count). The van der Waals surface area contributed by atoms with Crippen molar-refractivity contribution in [2.24, 2.45) is 0 Å². The van der Waals surface area contributed by atoms with Crippen molar-refractivity contribution in [3.05, 3.63) is 54.6 Å². The van der Waals surface area contributed by atoms with Gasteiger partial charge in [-0.1, -0.05) is 131 Å². The smallest absolute Gasteiger partial charge is 0.0669 e. The fourth-order valence-corrected chi connectivity index (χ4v) is 6.89. The van der Waals surface area contributed by atoms with Crippen molar-refractivity contribution in [3.8, 4) is 0 Å². The van der Waals surface area contributed by atoms with Gasteiger partial charge in [-0.25, -0.2) is 0 Å². The molecule has 4 aromatic carbocycles. The van der Waals surface area contributed by atoms with Crippen molar-refractivity contribution >= 4 is 46.3 Å². The fourth-order valence-electron chi connectivity index (χ4n) is 4.77. The first-order valence-electron chi connectivity index (χ1n) is 11.3. The van der Waals surface area contributed by atoms with Gasteiger partial charge in [0.05, 0.1) is 8.80 Å². The van der Waals surface area contributed by atoms with Crippen molar-refractivity contribution in [2.75, 3.05) is 0 Å². The summed E-state index contributed by atoms with van der Waals surface area (Å²) in [5, 5.41) is 10.3. The van der Waals surface area contributed by atoms with E-state index in [4.69, 9.17) is 0 Å². The average molecular weight is 386 g/mol. The highest BCUT2D eigenvalue weighted by Gasteiger charge is 2.16. The molecule has 145 valence electrons. The van der Waals surface area contributed by atoms with E-state index in [1.54, 1.807) is 5.19 Å². The largest absolute Gasteiger partial charge is 0.0832 e. The second kappa shape index (κ2) is 9.09. The van der Waals surface area contributed by atoms with Gasteiger partial charge in [0.15, 0.2) is 0 Å². The molecule has 0 bridgehead atoms. The highest BCUT2D eigenvalue weighted by Crippen LogP contribution is 2.33. The standard InChI is InChI=1S/C27H33Si/c1-3-4-5-6-7-8-9-10-19-28(2)25-20-23-15-11-13-21-17-18-22-14-12-16-24(25)27(22)26(21)23/h11-18,20H,3-10,19H2,1-2H3. The lowest BCUT2D eigenvalue weighted by Crippen LogP contribution is -2.27. The van der Waals surface area contributed by atoms with Gasteiger partial charge in [0.2, 0.25) is 0 Å². The molecular formula is C27H33Si. The third-order valence-electron chi connectivity index (χ3n) is 6.37. The first kappa shape index (κ1) is 19.5. The van der Waals surface area contributed by atoms with Gasteiger partial charge in [-0.2, -0.15) is 0 Å². The summed E-state index contributed by atoms with van der Waals surface area (Å²) in [5.41, 5.74) is 0. The number of hydrogen-bond acceptors (Lipinski definition) is 0. The minimum Gasteiger partial charge on any atom is -0.0669 e. The van der Waals surface area contributed by atoms with E-state index < -0.39 is 8.80 Å². The molecule has 0 aliphatic carbocycles. The molecule has 0 N–H and O–H groups in total. The molecule has 0 aromatic heterocycles. The minimum atomic E-state index is -0.513. The number of benzene rings is 4. The fraction of sp³-hybridized carbons (Fsp3) is 0.407. The van der Waals surface area contributed by atoms with E-state index in [0.29, 0.717) is 0 Å². The van der Waals surface area contributed by atoms with Gasteiger partial charge in [-0.15, -0.1) is 0 Å². The predicted molar refractivity (Wildman–Crippen MR) is 129 cm³/mol. The second-order valence-corrected chi connectivity index (χ2v) is 11.1. The Morgan fingerprint density at radius 2 is 1.25 bits per heavy atom. The Morgan fingerprint density at radius 3 is 2.00 bits per heavy atom. The summed E-state index contributed by atoms with van der Waals surface area (Å²) >= 11 is 0. The summed E-state index contributed by atoms with van der Waals surface area (Å²) in [4.78, 5) is 0. The van der Waals surface area contributed by atoms with Gasteiger partial charge < -0.3 is 0 Å². The Morgan fingerprint density at radius 1 is 0.643 bits per heavy atom. The summed E-state index contributed by atoms with van der Waals surface area (Å²) in [6.07, 6.45) is 11.3. The molecule has 1 radical (unpaired) electrons. The predicted octanol–water partition coefficient (Wildman–Crippen LogP) is 8.06. The molecule has 0 spiro atoms. The highest BCUT2D eigenvalue weighted by molar-refractivity contribution is 6.75. The molecule has 0 amide bonds. The van der Waals surface area contributed by atoms with E-state index in [1.807, 2.05) is 0 Å². The van der Waals surface area contributed by atoms with E-state index in [-0.39, 0.29) is 0 Å². The van der Waals surface area contributed by atoms with Gasteiger partial charge >= 0.3 is 0 Å². The molecule has 1 heteroatoms. The van der Waals surface area contributed by atoms with Gasteiger partial charge in [0, 0.05) is 0 Å². The minimum absolute atomic E-state index is 0.513. The van der Waals surface area contributed by atoms with E-state index >= 15 is 0 Å². The summed E-state index contributed by atoms with van der Waals surface area (Å²) in [6.45, 7) is 4.83. The summed E-state index contributed by atoms with van der Waals surface area (Å²) in [5.74, 6) is 0. The molecule has 0 aliphatic heterocycles. The van der Waals surface area contributed by atoms with Crippen LogP contribution in [0.25, 0.3) is 32.3 Å². The maximum Gasteiger partial charge on any atom is 0.0832 e. The summed E-state index contributed by atoms with van der Waals surface area (Å²) in [7, 11) is -0.513. The summed E-state index contributed by atoms with van der Waals surface area (Å²) in [6, 6.07) is 22.2. The van der Waals surface area contributed by atoms with Crippen molar-refractivity contribution in [2.45, 2.75) is 70.9 Å². The maximum absolute atomic E-state index is 2.53. The van der Waals surface area contributed by atoms with Crippen LogP contribution in [0.2, 0.25) is 12.6 Å². The van der Waals surface area contributed by atoms with Gasteiger partial charge in [-0.3, -0.25) is 0 Å². The second-order valence-electron chi connectivity index (χ2n) is 8.48. The van der Waals surface area contributed by atoms with Crippen LogP contribution in [-0.2, 0) is 0 Å². The third-order valence-corrected chi connectivity index (χ3v) is 8.81. The SMILES string of the molecule is CCCCCCCCCC[Si](C)c1cc2cccc3ccc4cccc1c4c32. The van der Waals surface area contributed by atoms with Gasteiger partial charge in [0.25, 0.3) is 0 Å². The Balaban J connectivity index is 1.50. The number of rotatable bonds is 10. The van der Waals surface area contributed by atoms with Crippen molar-refractivity contribution in [1.82, 2.24) is 0 Å².